The van der Waals surface area contributed by atoms with E-state index < -0.39 is 5.92 Å². The van der Waals surface area contributed by atoms with Crippen LogP contribution < -0.4 is 9.64 Å². The average molecular weight is 415 g/mol. The van der Waals surface area contributed by atoms with E-state index in [1.54, 1.807) is 11.3 Å². The predicted molar refractivity (Wildman–Crippen MR) is 122 cm³/mol. The molecule has 0 saturated carbocycles. The summed E-state index contributed by atoms with van der Waals surface area (Å²) in [6.45, 7) is 4.86. The van der Waals surface area contributed by atoms with Crippen LogP contribution in [0.5, 0.6) is 11.5 Å². The summed E-state index contributed by atoms with van der Waals surface area (Å²) in [7, 11) is 0. The number of hydrogen-bond acceptors (Lipinski definition) is 4. The van der Waals surface area contributed by atoms with Crippen molar-refractivity contribution >= 4 is 32.6 Å². The van der Waals surface area contributed by atoms with Crippen LogP contribution in [0.4, 0.5) is 5.13 Å². The van der Waals surface area contributed by atoms with Gasteiger partial charge in [-0.2, -0.15) is 0 Å². The summed E-state index contributed by atoms with van der Waals surface area (Å²) >= 11 is 1.57. The van der Waals surface area contributed by atoms with Crippen LogP contribution in [0.3, 0.4) is 0 Å². The molecule has 150 valence electrons. The van der Waals surface area contributed by atoms with E-state index in [-0.39, 0.29) is 5.91 Å². The van der Waals surface area contributed by atoms with Crippen LogP contribution in [-0.2, 0) is 4.79 Å². The summed E-state index contributed by atoms with van der Waals surface area (Å²) < 4.78 is 7.17. The zero-order chi connectivity index (χ0) is 20.7. The number of carbonyl (C=O) groups excluding carboxylic acids is 1. The van der Waals surface area contributed by atoms with Gasteiger partial charge < -0.3 is 4.74 Å². The molecule has 0 spiro atoms. The second-order valence-electron chi connectivity index (χ2n) is 7.92. The molecule has 5 heteroatoms. The number of para-hydroxylation sites is 3. The number of hydrogen-bond donors (Lipinski definition) is 0. The molecule has 30 heavy (non-hydrogen) atoms. The quantitative estimate of drug-likeness (QED) is 0.398. The van der Waals surface area contributed by atoms with E-state index in [2.05, 4.69) is 13.8 Å². The third-order valence-corrected chi connectivity index (χ3v) is 6.31. The van der Waals surface area contributed by atoms with Crippen LogP contribution in [0, 0.1) is 5.92 Å². The van der Waals surface area contributed by atoms with Crippen LogP contribution >= 0.6 is 11.3 Å². The second-order valence-corrected chi connectivity index (χ2v) is 8.93. The summed E-state index contributed by atoms with van der Waals surface area (Å²) in [6.07, 6.45) is 0. The third kappa shape index (κ3) is 3.25. The van der Waals surface area contributed by atoms with Crippen molar-refractivity contribution < 1.29 is 9.53 Å². The van der Waals surface area contributed by atoms with E-state index in [0.717, 1.165) is 38.0 Å². The van der Waals surface area contributed by atoms with Crippen molar-refractivity contribution in [2.24, 2.45) is 5.92 Å². The summed E-state index contributed by atoms with van der Waals surface area (Å²) in [4.78, 5) is 20.7. The van der Waals surface area contributed by atoms with Gasteiger partial charge in [-0.3, -0.25) is 9.69 Å². The Bertz CT molecular complexity index is 1150. The summed E-state index contributed by atoms with van der Waals surface area (Å²) in [5, 5.41) is 0.747. The Morgan fingerprint density at radius 3 is 2.20 bits per heavy atom. The Labute approximate surface area is 179 Å². The monoisotopic (exact) mass is 414 g/mol. The van der Waals surface area contributed by atoms with Crippen LogP contribution in [0.1, 0.15) is 30.9 Å². The first-order valence-corrected chi connectivity index (χ1v) is 11.0. The number of amides is 1. The van der Waals surface area contributed by atoms with Gasteiger partial charge in [0.15, 0.2) is 5.13 Å². The predicted octanol–water partition coefficient (Wildman–Crippen LogP) is 6.22. The molecule has 4 nitrogen and oxygen atoms in total. The van der Waals surface area contributed by atoms with Gasteiger partial charge in [0.05, 0.1) is 16.1 Å². The molecule has 5 rings (SSSR count). The van der Waals surface area contributed by atoms with E-state index in [1.807, 2.05) is 77.7 Å². The molecule has 1 aliphatic rings. The highest BCUT2D eigenvalue weighted by Crippen LogP contribution is 2.45. The van der Waals surface area contributed by atoms with Crippen LogP contribution in [0.25, 0.3) is 10.2 Å². The van der Waals surface area contributed by atoms with E-state index in [1.165, 1.54) is 0 Å². The van der Waals surface area contributed by atoms with Gasteiger partial charge >= 0.3 is 0 Å². The van der Waals surface area contributed by atoms with Gasteiger partial charge in [0.1, 0.15) is 11.5 Å². The van der Waals surface area contributed by atoms with E-state index >= 15 is 0 Å². The summed E-state index contributed by atoms with van der Waals surface area (Å²) in [5.41, 5.74) is 2.72. The van der Waals surface area contributed by atoms with Crippen molar-refractivity contribution in [1.29, 1.82) is 0 Å². The minimum atomic E-state index is -0.420. The highest BCUT2D eigenvalue weighted by Gasteiger charge is 2.36. The minimum absolute atomic E-state index is 0.0333. The number of thiazole rings is 1. The van der Waals surface area contributed by atoms with E-state index in [0.29, 0.717) is 12.5 Å². The number of fused-ring (bicyclic) bond motifs is 3. The number of benzene rings is 3. The lowest BCUT2D eigenvalue weighted by Gasteiger charge is -2.31. The maximum Gasteiger partial charge on any atom is 0.241 e. The second kappa shape index (κ2) is 7.58. The fourth-order valence-electron chi connectivity index (χ4n) is 3.93. The van der Waals surface area contributed by atoms with Gasteiger partial charge in [-0.05, 0) is 30.2 Å². The Morgan fingerprint density at radius 1 is 0.967 bits per heavy atom. The molecular formula is C25H22N2O2S. The molecule has 0 aliphatic carbocycles. The largest absolute Gasteiger partial charge is 0.457 e. The molecular weight excluding hydrogens is 392 g/mol. The fourth-order valence-corrected chi connectivity index (χ4v) is 4.92. The molecule has 0 radical (unpaired) electrons. The minimum Gasteiger partial charge on any atom is -0.457 e. The molecule has 1 aliphatic heterocycles. The van der Waals surface area contributed by atoms with E-state index in [4.69, 9.17) is 9.72 Å². The van der Waals surface area contributed by atoms with Gasteiger partial charge in [-0.15, -0.1) is 0 Å². The molecule has 0 atom stereocenters. The highest BCUT2D eigenvalue weighted by atomic mass is 32.1. The molecule has 0 saturated heterocycles. The first-order chi connectivity index (χ1) is 14.6. The molecule has 2 heterocycles. The molecule has 4 aromatic rings. The number of aromatic nitrogens is 1. The van der Waals surface area contributed by atoms with Gasteiger partial charge in [-0.25, -0.2) is 4.98 Å². The molecule has 0 unspecified atom stereocenters. The number of anilines is 1. The zero-order valence-corrected chi connectivity index (χ0v) is 17.7. The summed E-state index contributed by atoms with van der Waals surface area (Å²) in [5.74, 6) is 1.40. The van der Waals surface area contributed by atoms with Crippen molar-refractivity contribution in [1.82, 2.24) is 4.98 Å². The highest BCUT2D eigenvalue weighted by molar-refractivity contribution is 7.22. The van der Waals surface area contributed by atoms with Crippen LogP contribution in [-0.4, -0.2) is 17.4 Å². The lowest BCUT2D eigenvalue weighted by Crippen LogP contribution is -2.39. The Morgan fingerprint density at radius 2 is 1.57 bits per heavy atom. The van der Waals surface area contributed by atoms with Gasteiger partial charge in [0.25, 0.3) is 0 Å². The third-order valence-electron chi connectivity index (χ3n) is 5.25. The van der Waals surface area contributed by atoms with Crippen molar-refractivity contribution in [3.05, 3.63) is 83.9 Å². The normalized spacial score (nSPS) is 13.0. The molecule has 0 fully saturated rings. The average Bonchev–Trinajstić information content (AvgIpc) is 3.19. The van der Waals surface area contributed by atoms with Gasteiger partial charge in [0, 0.05) is 17.7 Å². The van der Waals surface area contributed by atoms with Gasteiger partial charge in [-0.1, -0.05) is 73.7 Å². The number of rotatable bonds is 4. The van der Waals surface area contributed by atoms with Crippen LogP contribution in [0.2, 0.25) is 0 Å². The zero-order valence-electron chi connectivity index (χ0n) is 16.9. The standard InChI is InChI=1S/C25H22N2O2S/c1-16(2)15-27(25-26-19-11-5-8-14-22(19)30-25)24(28)23-17-9-3-6-12-20(17)29-21-13-7-4-10-18(21)23/h3-14,16,23H,15H2,1-2H3. The van der Waals surface area contributed by atoms with Crippen molar-refractivity contribution in [3.8, 4) is 11.5 Å². The molecule has 0 N–H and O–H groups in total. The Kier molecular flexibility index (Phi) is 4.75. The van der Waals surface area contributed by atoms with Gasteiger partial charge in [0.2, 0.25) is 5.91 Å². The molecule has 1 aromatic heterocycles. The number of nitrogens with zero attached hydrogens (tertiary/aromatic N) is 2. The number of carbonyl (C=O) groups is 1. The van der Waals surface area contributed by atoms with Crippen LogP contribution in [0.15, 0.2) is 72.8 Å². The topological polar surface area (TPSA) is 42.4 Å². The smallest absolute Gasteiger partial charge is 0.241 e. The first kappa shape index (κ1) is 18.8. The summed E-state index contributed by atoms with van der Waals surface area (Å²) in [6, 6.07) is 23.6. The SMILES string of the molecule is CC(C)CN(C(=O)C1c2ccccc2Oc2ccccc21)c1nc2ccccc2s1. The maximum atomic E-state index is 14.1. The lowest BCUT2D eigenvalue weighted by atomic mass is 9.86. The Balaban J connectivity index is 1.63. The van der Waals surface area contributed by atoms with Crippen molar-refractivity contribution in [3.63, 3.8) is 0 Å². The fraction of sp³-hybridized carbons (Fsp3) is 0.200. The molecule has 0 bridgehead atoms. The Hall–Kier alpha value is -3.18. The van der Waals surface area contributed by atoms with Crippen molar-refractivity contribution in [2.75, 3.05) is 11.4 Å². The molecule has 3 aromatic carbocycles. The van der Waals surface area contributed by atoms with E-state index in [9.17, 15) is 4.79 Å². The van der Waals surface area contributed by atoms with Crippen molar-refractivity contribution in [2.45, 2.75) is 19.8 Å². The first-order valence-electron chi connectivity index (χ1n) is 10.1. The number of ether oxygens (including phenoxy) is 1. The molecule has 1 amide bonds. The maximum absolute atomic E-state index is 14.1. The lowest BCUT2D eigenvalue weighted by molar-refractivity contribution is -0.119.